The van der Waals surface area contributed by atoms with E-state index in [9.17, 15) is 9.50 Å². The quantitative estimate of drug-likeness (QED) is 0.812. The summed E-state index contributed by atoms with van der Waals surface area (Å²) in [6.07, 6.45) is -0.554. The zero-order chi connectivity index (χ0) is 13.7. The van der Waals surface area contributed by atoms with Gasteiger partial charge in [0.25, 0.3) is 0 Å². The smallest absolute Gasteiger partial charge is 0.123 e. The highest BCUT2D eigenvalue weighted by atomic mass is 19.1. The van der Waals surface area contributed by atoms with Crippen LogP contribution < -0.4 is 5.73 Å². The average molecular weight is 267 g/mol. The fraction of sp³-hybridized carbons (Fsp3) is 0.571. The summed E-state index contributed by atoms with van der Waals surface area (Å²) in [5.74, 6) is -0.272. The van der Waals surface area contributed by atoms with Crippen LogP contribution in [0, 0.1) is 5.82 Å². The molecule has 1 aliphatic heterocycles. The van der Waals surface area contributed by atoms with E-state index in [4.69, 9.17) is 5.73 Å². The fourth-order valence-corrected chi connectivity index (χ4v) is 2.41. The van der Waals surface area contributed by atoms with Crippen LogP contribution in [-0.2, 0) is 0 Å². The Morgan fingerprint density at radius 1 is 1.11 bits per heavy atom. The molecule has 106 valence electrons. The lowest BCUT2D eigenvalue weighted by atomic mass is 10.1. The Balaban J connectivity index is 1.80. The third-order valence-electron chi connectivity index (χ3n) is 3.60. The van der Waals surface area contributed by atoms with Gasteiger partial charge in [0.15, 0.2) is 0 Å². The first-order chi connectivity index (χ1) is 9.19. The Hall–Kier alpha value is -1.01. The first kappa shape index (κ1) is 14.4. The van der Waals surface area contributed by atoms with Gasteiger partial charge in [-0.05, 0) is 17.7 Å². The van der Waals surface area contributed by atoms with E-state index in [1.165, 1.54) is 12.1 Å². The predicted octanol–water partition coefficient (Wildman–Crippen LogP) is 0.435. The summed E-state index contributed by atoms with van der Waals surface area (Å²) in [6, 6.07) is 6.06. The van der Waals surface area contributed by atoms with E-state index in [0.29, 0.717) is 13.1 Å². The number of benzene rings is 1. The zero-order valence-corrected chi connectivity index (χ0v) is 11.1. The monoisotopic (exact) mass is 267 g/mol. The summed E-state index contributed by atoms with van der Waals surface area (Å²) in [7, 11) is 0. The third kappa shape index (κ3) is 4.24. The van der Waals surface area contributed by atoms with Crippen molar-refractivity contribution in [3.05, 3.63) is 35.6 Å². The van der Waals surface area contributed by atoms with Crippen molar-refractivity contribution in [3.8, 4) is 0 Å². The second-order valence-corrected chi connectivity index (χ2v) is 5.00. The van der Waals surface area contributed by atoms with Crippen LogP contribution in [0.1, 0.15) is 11.7 Å². The Bertz CT molecular complexity index is 377. The van der Waals surface area contributed by atoms with Gasteiger partial charge in [0.2, 0.25) is 0 Å². The largest absolute Gasteiger partial charge is 0.387 e. The van der Waals surface area contributed by atoms with Crippen molar-refractivity contribution in [2.75, 3.05) is 45.8 Å². The molecule has 19 heavy (non-hydrogen) atoms. The topological polar surface area (TPSA) is 52.7 Å². The summed E-state index contributed by atoms with van der Waals surface area (Å²) < 4.78 is 12.8. The number of piperazine rings is 1. The molecule has 3 N–H and O–H groups in total. The second kappa shape index (κ2) is 6.96. The van der Waals surface area contributed by atoms with Crippen LogP contribution in [0.5, 0.6) is 0 Å². The normalized spacial score (nSPS) is 19.5. The summed E-state index contributed by atoms with van der Waals surface area (Å²) in [4.78, 5) is 4.57. The van der Waals surface area contributed by atoms with E-state index in [1.807, 2.05) is 0 Å². The van der Waals surface area contributed by atoms with E-state index < -0.39 is 6.10 Å². The van der Waals surface area contributed by atoms with Crippen molar-refractivity contribution in [1.82, 2.24) is 9.80 Å². The number of rotatable bonds is 5. The number of hydrogen-bond donors (Lipinski definition) is 2. The molecule has 4 nitrogen and oxygen atoms in total. The van der Waals surface area contributed by atoms with E-state index in [2.05, 4.69) is 9.80 Å². The minimum Gasteiger partial charge on any atom is -0.387 e. The molecule has 1 aliphatic rings. The number of aliphatic hydroxyl groups excluding tert-OH is 1. The van der Waals surface area contributed by atoms with Gasteiger partial charge in [-0.3, -0.25) is 9.80 Å². The maximum atomic E-state index is 12.8. The molecule has 1 fully saturated rings. The Morgan fingerprint density at radius 2 is 1.68 bits per heavy atom. The van der Waals surface area contributed by atoms with E-state index >= 15 is 0 Å². The van der Waals surface area contributed by atoms with Gasteiger partial charge in [0.1, 0.15) is 5.82 Å². The third-order valence-corrected chi connectivity index (χ3v) is 3.60. The maximum Gasteiger partial charge on any atom is 0.123 e. The molecule has 0 spiro atoms. The first-order valence-electron chi connectivity index (χ1n) is 6.77. The van der Waals surface area contributed by atoms with Crippen molar-refractivity contribution < 1.29 is 9.50 Å². The van der Waals surface area contributed by atoms with Crippen LogP contribution in [0.3, 0.4) is 0 Å². The minimum absolute atomic E-state index is 0.272. The molecule has 0 aliphatic carbocycles. The molecule has 0 aromatic heterocycles. The lowest BCUT2D eigenvalue weighted by Gasteiger charge is -2.35. The summed E-state index contributed by atoms with van der Waals surface area (Å²) in [6.45, 7) is 6.10. The molecule has 1 aromatic carbocycles. The Kier molecular flexibility index (Phi) is 5.27. The summed E-state index contributed by atoms with van der Waals surface area (Å²) >= 11 is 0. The van der Waals surface area contributed by atoms with Crippen molar-refractivity contribution in [2.45, 2.75) is 6.10 Å². The number of β-amino-alcohol motifs (C(OH)–C–C–N with tert-alkyl or cyclic N) is 1. The van der Waals surface area contributed by atoms with Crippen LogP contribution in [0.25, 0.3) is 0 Å². The summed E-state index contributed by atoms with van der Waals surface area (Å²) in [5, 5.41) is 10.1. The highest BCUT2D eigenvalue weighted by Crippen LogP contribution is 2.15. The Morgan fingerprint density at radius 3 is 2.26 bits per heavy atom. The molecule has 0 bridgehead atoms. The van der Waals surface area contributed by atoms with Gasteiger partial charge < -0.3 is 10.8 Å². The molecule has 1 atom stereocenters. The van der Waals surface area contributed by atoms with Crippen LogP contribution >= 0.6 is 0 Å². The molecule has 1 unspecified atom stereocenters. The van der Waals surface area contributed by atoms with Crippen LogP contribution in [-0.4, -0.2) is 60.7 Å². The van der Waals surface area contributed by atoms with Gasteiger partial charge in [0.05, 0.1) is 6.10 Å². The van der Waals surface area contributed by atoms with Gasteiger partial charge in [-0.15, -0.1) is 0 Å². The van der Waals surface area contributed by atoms with E-state index in [1.54, 1.807) is 12.1 Å². The molecular formula is C14H22FN3O. The lowest BCUT2D eigenvalue weighted by Crippen LogP contribution is -2.48. The van der Waals surface area contributed by atoms with Crippen molar-refractivity contribution in [2.24, 2.45) is 5.73 Å². The molecule has 1 aromatic rings. The number of hydrogen-bond acceptors (Lipinski definition) is 4. The van der Waals surface area contributed by atoms with Gasteiger partial charge in [0, 0.05) is 45.8 Å². The van der Waals surface area contributed by atoms with Gasteiger partial charge in [-0.2, -0.15) is 0 Å². The number of halogens is 1. The highest BCUT2D eigenvalue weighted by molar-refractivity contribution is 5.18. The van der Waals surface area contributed by atoms with Crippen LogP contribution in [0.4, 0.5) is 4.39 Å². The maximum absolute atomic E-state index is 12.8. The molecule has 1 heterocycles. The molecule has 0 amide bonds. The number of aliphatic hydroxyl groups is 1. The van der Waals surface area contributed by atoms with Gasteiger partial charge >= 0.3 is 0 Å². The first-order valence-corrected chi connectivity index (χ1v) is 6.77. The minimum atomic E-state index is -0.554. The van der Waals surface area contributed by atoms with Gasteiger partial charge in [-0.25, -0.2) is 4.39 Å². The lowest BCUT2D eigenvalue weighted by molar-refractivity contribution is 0.0736. The van der Waals surface area contributed by atoms with Crippen molar-refractivity contribution in [1.29, 1.82) is 0 Å². The molecule has 2 rings (SSSR count). The van der Waals surface area contributed by atoms with Crippen LogP contribution in [0.2, 0.25) is 0 Å². The Labute approximate surface area is 113 Å². The standard InChI is InChI=1S/C14H22FN3O/c15-13-3-1-12(2-4-13)14(19)11-18-9-7-17(6-5-16)8-10-18/h1-4,14,19H,5-11,16H2. The second-order valence-electron chi connectivity index (χ2n) is 5.00. The fourth-order valence-electron chi connectivity index (χ4n) is 2.41. The molecule has 5 heteroatoms. The predicted molar refractivity (Wildman–Crippen MR) is 73.3 cm³/mol. The molecular weight excluding hydrogens is 245 g/mol. The molecule has 0 saturated carbocycles. The van der Waals surface area contributed by atoms with Crippen LogP contribution in [0.15, 0.2) is 24.3 Å². The van der Waals surface area contributed by atoms with E-state index in [-0.39, 0.29) is 5.82 Å². The van der Waals surface area contributed by atoms with Crippen molar-refractivity contribution >= 4 is 0 Å². The highest BCUT2D eigenvalue weighted by Gasteiger charge is 2.19. The van der Waals surface area contributed by atoms with E-state index in [0.717, 1.165) is 38.3 Å². The summed E-state index contributed by atoms with van der Waals surface area (Å²) in [5.41, 5.74) is 6.31. The SMILES string of the molecule is NCCN1CCN(CC(O)c2ccc(F)cc2)CC1. The molecule has 0 radical (unpaired) electrons. The van der Waals surface area contributed by atoms with Gasteiger partial charge in [-0.1, -0.05) is 12.1 Å². The van der Waals surface area contributed by atoms with Crippen molar-refractivity contribution in [3.63, 3.8) is 0 Å². The molecule has 1 saturated heterocycles. The number of nitrogens with two attached hydrogens (primary N) is 1. The number of nitrogens with zero attached hydrogens (tertiary/aromatic N) is 2. The zero-order valence-electron chi connectivity index (χ0n) is 11.1. The average Bonchev–Trinajstić information content (AvgIpc) is 2.42.